The molecule has 6 heteroatoms. The summed E-state index contributed by atoms with van der Waals surface area (Å²) in [6.45, 7) is 3.16. The van der Waals surface area contributed by atoms with Gasteiger partial charge in [0.2, 0.25) is 5.89 Å². The Morgan fingerprint density at radius 3 is 3.15 bits per heavy atom. The molecule has 0 spiro atoms. The second kappa shape index (κ2) is 6.45. The second-order valence-electron chi connectivity index (χ2n) is 5.17. The molecule has 5 nitrogen and oxygen atoms in total. The van der Waals surface area contributed by atoms with E-state index in [1.807, 2.05) is 0 Å². The average Bonchev–Trinajstić information content (AvgIpc) is 3.02. The van der Waals surface area contributed by atoms with Crippen LogP contribution in [0.25, 0.3) is 0 Å². The van der Waals surface area contributed by atoms with Crippen molar-refractivity contribution in [1.82, 2.24) is 20.4 Å². The lowest BCUT2D eigenvalue weighted by molar-refractivity contribution is 0.368. The Bertz CT molecular complexity index is 543. The van der Waals surface area contributed by atoms with Gasteiger partial charge in [0.15, 0.2) is 5.82 Å². The molecule has 0 aromatic carbocycles. The Morgan fingerprint density at radius 2 is 2.30 bits per heavy atom. The Kier molecular flexibility index (Phi) is 4.42. The van der Waals surface area contributed by atoms with Crippen LogP contribution in [0.15, 0.2) is 9.90 Å². The second-order valence-corrected chi connectivity index (χ2v) is 6.11. The number of aromatic nitrogens is 3. The highest BCUT2D eigenvalue weighted by molar-refractivity contribution is 7.09. The summed E-state index contributed by atoms with van der Waals surface area (Å²) in [6, 6.07) is 0.247. The van der Waals surface area contributed by atoms with Crippen molar-refractivity contribution >= 4 is 11.3 Å². The lowest BCUT2D eigenvalue weighted by atomic mass is 10.1. The van der Waals surface area contributed by atoms with Crippen molar-refractivity contribution in [3.63, 3.8) is 0 Å². The van der Waals surface area contributed by atoms with E-state index >= 15 is 0 Å². The van der Waals surface area contributed by atoms with E-state index in [1.165, 1.54) is 19.3 Å². The van der Waals surface area contributed by atoms with E-state index in [4.69, 9.17) is 4.52 Å². The molecule has 108 valence electrons. The Morgan fingerprint density at radius 1 is 1.35 bits per heavy atom. The molecular weight excluding hydrogens is 272 g/mol. The summed E-state index contributed by atoms with van der Waals surface area (Å²) in [5.74, 6) is 1.46. The molecule has 3 rings (SSSR count). The maximum Gasteiger partial charge on any atom is 0.232 e. The summed E-state index contributed by atoms with van der Waals surface area (Å²) >= 11 is 1.69. The van der Waals surface area contributed by atoms with Crippen LogP contribution in [0.2, 0.25) is 0 Å². The van der Waals surface area contributed by atoms with E-state index < -0.39 is 0 Å². The van der Waals surface area contributed by atoms with E-state index in [0.717, 1.165) is 35.9 Å². The van der Waals surface area contributed by atoms with Crippen molar-refractivity contribution < 1.29 is 4.52 Å². The lowest BCUT2D eigenvalue weighted by Crippen LogP contribution is -2.21. The van der Waals surface area contributed by atoms with Crippen LogP contribution < -0.4 is 5.32 Å². The monoisotopic (exact) mass is 292 g/mol. The minimum absolute atomic E-state index is 0.247. The van der Waals surface area contributed by atoms with Crippen LogP contribution in [0.4, 0.5) is 0 Å². The van der Waals surface area contributed by atoms with Crippen LogP contribution in [0.3, 0.4) is 0 Å². The molecule has 1 N–H and O–H groups in total. The molecule has 0 radical (unpaired) electrons. The summed E-state index contributed by atoms with van der Waals surface area (Å²) in [4.78, 5) is 9.07. The van der Waals surface area contributed by atoms with Crippen LogP contribution in [0, 0.1) is 0 Å². The predicted octanol–water partition coefficient (Wildman–Crippen LogP) is 2.88. The van der Waals surface area contributed by atoms with Crippen molar-refractivity contribution in [2.24, 2.45) is 0 Å². The van der Waals surface area contributed by atoms with Gasteiger partial charge in [-0.05, 0) is 25.8 Å². The van der Waals surface area contributed by atoms with Gasteiger partial charge in [0.1, 0.15) is 0 Å². The van der Waals surface area contributed by atoms with Gasteiger partial charge in [-0.15, -0.1) is 11.3 Å². The van der Waals surface area contributed by atoms with E-state index in [1.54, 1.807) is 11.3 Å². The Balaban J connectivity index is 1.66. The largest absolute Gasteiger partial charge is 0.339 e. The van der Waals surface area contributed by atoms with Crippen LogP contribution in [-0.4, -0.2) is 21.7 Å². The molecular formula is C14H20N4OS. The number of rotatable bonds is 4. The topological polar surface area (TPSA) is 63.8 Å². The third kappa shape index (κ3) is 3.24. The molecule has 1 atom stereocenters. The predicted molar refractivity (Wildman–Crippen MR) is 77.8 cm³/mol. The van der Waals surface area contributed by atoms with Gasteiger partial charge in [0.05, 0.1) is 23.2 Å². The fourth-order valence-corrected chi connectivity index (χ4v) is 3.22. The molecule has 3 heterocycles. The molecule has 1 saturated heterocycles. The molecule has 2 aromatic heterocycles. The van der Waals surface area contributed by atoms with E-state index in [2.05, 4.69) is 32.7 Å². The summed E-state index contributed by atoms with van der Waals surface area (Å²) in [5.41, 5.74) is 1.02. The molecule has 0 saturated carbocycles. The summed E-state index contributed by atoms with van der Waals surface area (Å²) in [5, 5.41) is 10.9. The van der Waals surface area contributed by atoms with Crippen LogP contribution >= 0.6 is 11.3 Å². The van der Waals surface area contributed by atoms with Crippen LogP contribution in [0.1, 0.15) is 61.1 Å². The first-order valence-electron chi connectivity index (χ1n) is 7.34. The quantitative estimate of drug-likeness (QED) is 0.938. The minimum Gasteiger partial charge on any atom is -0.339 e. The van der Waals surface area contributed by atoms with Crippen molar-refractivity contribution in [2.75, 3.05) is 6.54 Å². The van der Waals surface area contributed by atoms with Crippen LogP contribution in [0.5, 0.6) is 0 Å². The van der Waals surface area contributed by atoms with Gasteiger partial charge in [-0.1, -0.05) is 24.9 Å². The van der Waals surface area contributed by atoms with Crippen molar-refractivity contribution in [1.29, 1.82) is 0 Å². The molecule has 1 fully saturated rings. The first-order valence-corrected chi connectivity index (χ1v) is 8.22. The van der Waals surface area contributed by atoms with Gasteiger partial charge in [0, 0.05) is 5.38 Å². The van der Waals surface area contributed by atoms with Crippen LogP contribution in [-0.2, 0) is 12.8 Å². The molecule has 0 unspecified atom stereocenters. The minimum atomic E-state index is 0.247. The molecule has 0 amide bonds. The molecule has 0 aliphatic carbocycles. The lowest BCUT2D eigenvalue weighted by Gasteiger charge is -2.09. The molecule has 1 aliphatic heterocycles. The number of nitrogens with one attached hydrogen (secondary N) is 1. The normalized spacial score (nSPS) is 19.9. The first kappa shape index (κ1) is 13.7. The smallest absolute Gasteiger partial charge is 0.232 e. The highest BCUT2D eigenvalue weighted by atomic mass is 32.1. The van der Waals surface area contributed by atoms with Crippen molar-refractivity contribution in [2.45, 2.75) is 51.5 Å². The van der Waals surface area contributed by atoms with Gasteiger partial charge in [-0.3, -0.25) is 0 Å². The highest BCUT2D eigenvalue weighted by Gasteiger charge is 2.19. The summed E-state index contributed by atoms with van der Waals surface area (Å²) in [6.07, 6.45) is 6.46. The fourth-order valence-electron chi connectivity index (χ4n) is 2.48. The SMILES string of the molecule is CCc1nc(Cc2nc([C@@H]3CCCCCN3)no2)cs1. The van der Waals surface area contributed by atoms with Gasteiger partial charge in [-0.25, -0.2) is 4.98 Å². The van der Waals surface area contributed by atoms with Crippen molar-refractivity contribution in [3.8, 4) is 0 Å². The Labute approximate surface area is 122 Å². The molecule has 0 bridgehead atoms. The van der Waals surface area contributed by atoms with Gasteiger partial charge >= 0.3 is 0 Å². The summed E-state index contributed by atoms with van der Waals surface area (Å²) < 4.78 is 5.37. The number of thiazole rings is 1. The van der Waals surface area contributed by atoms with Gasteiger partial charge in [-0.2, -0.15) is 4.98 Å². The summed E-state index contributed by atoms with van der Waals surface area (Å²) in [7, 11) is 0. The van der Waals surface area contributed by atoms with E-state index in [-0.39, 0.29) is 6.04 Å². The zero-order valence-corrected chi connectivity index (χ0v) is 12.6. The first-order chi connectivity index (χ1) is 9.85. The van der Waals surface area contributed by atoms with Crippen molar-refractivity contribution in [3.05, 3.63) is 27.8 Å². The van der Waals surface area contributed by atoms with E-state index in [9.17, 15) is 0 Å². The zero-order valence-electron chi connectivity index (χ0n) is 11.8. The Hall–Kier alpha value is -1.27. The third-order valence-corrected chi connectivity index (χ3v) is 4.63. The van der Waals surface area contributed by atoms with Gasteiger partial charge < -0.3 is 9.84 Å². The standard InChI is InChI=1S/C14H20N4OS/c1-2-13-16-10(9-20-13)8-12-17-14(18-19-12)11-6-4-3-5-7-15-11/h9,11,15H,2-8H2,1H3/t11-/m0/s1. The third-order valence-electron chi connectivity index (χ3n) is 3.59. The zero-order chi connectivity index (χ0) is 13.8. The number of hydrogen-bond donors (Lipinski definition) is 1. The fraction of sp³-hybridized carbons (Fsp3) is 0.643. The number of nitrogens with zero attached hydrogens (tertiary/aromatic N) is 3. The van der Waals surface area contributed by atoms with E-state index in [0.29, 0.717) is 12.3 Å². The number of hydrogen-bond acceptors (Lipinski definition) is 6. The molecule has 1 aliphatic rings. The maximum absolute atomic E-state index is 5.37. The number of aryl methyl sites for hydroxylation is 1. The highest BCUT2D eigenvalue weighted by Crippen LogP contribution is 2.21. The maximum atomic E-state index is 5.37. The molecule has 2 aromatic rings. The average molecular weight is 292 g/mol. The molecule has 20 heavy (non-hydrogen) atoms. The van der Waals surface area contributed by atoms with Gasteiger partial charge in [0.25, 0.3) is 0 Å².